The summed E-state index contributed by atoms with van der Waals surface area (Å²) in [7, 11) is 0. The van der Waals surface area contributed by atoms with Crippen LogP contribution in [0.15, 0.2) is 30.6 Å². The van der Waals surface area contributed by atoms with Crippen LogP contribution in [0.1, 0.15) is 18.0 Å². The largest absolute Gasteiger partial charge is 0.324 e. The van der Waals surface area contributed by atoms with Gasteiger partial charge >= 0.3 is 0 Å². The van der Waals surface area contributed by atoms with Gasteiger partial charge in [0.05, 0.1) is 6.42 Å². The third kappa shape index (κ3) is 2.25. The highest BCUT2D eigenvalue weighted by Gasteiger charge is 2.31. The molecule has 2 N–H and O–H groups in total. The molecule has 102 valence electrons. The van der Waals surface area contributed by atoms with Crippen molar-refractivity contribution in [2.24, 2.45) is 0 Å². The van der Waals surface area contributed by atoms with Crippen molar-refractivity contribution in [2.75, 3.05) is 10.6 Å². The van der Waals surface area contributed by atoms with Crippen LogP contribution in [0.5, 0.6) is 0 Å². The zero-order chi connectivity index (χ0) is 14.1. The standard InChI is InChI=1S/C13H13N5O2/c1-8-3-2-4-9(5-8)16-12(20)10-6-11(19)17-13-14-7-15-18(10)13/h2-5,7,10H,6H2,1H3,(H,16,20)(H,14,15,17,19). The first-order valence-electron chi connectivity index (χ1n) is 6.20. The summed E-state index contributed by atoms with van der Waals surface area (Å²) < 4.78 is 1.42. The van der Waals surface area contributed by atoms with Crippen molar-refractivity contribution in [3.05, 3.63) is 36.2 Å². The molecule has 0 saturated carbocycles. The van der Waals surface area contributed by atoms with Crippen molar-refractivity contribution in [1.82, 2.24) is 14.8 Å². The minimum absolute atomic E-state index is 0.0496. The third-order valence-corrected chi connectivity index (χ3v) is 3.09. The fourth-order valence-corrected chi connectivity index (χ4v) is 2.16. The molecule has 1 unspecified atom stereocenters. The van der Waals surface area contributed by atoms with Gasteiger partial charge in [0.25, 0.3) is 0 Å². The summed E-state index contributed by atoms with van der Waals surface area (Å²) in [4.78, 5) is 27.8. The van der Waals surface area contributed by atoms with Crippen molar-refractivity contribution in [2.45, 2.75) is 19.4 Å². The Morgan fingerprint density at radius 1 is 1.50 bits per heavy atom. The van der Waals surface area contributed by atoms with E-state index < -0.39 is 6.04 Å². The van der Waals surface area contributed by atoms with E-state index >= 15 is 0 Å². The predicted molar refractivity (Wildman–Crippen MR) is 72.1 cm³/mol. The molecular weight excluding hydrogens is 258 g/mol. The number of carbonyl (C=O) groups is 2. The second-order valence-corrected chi connectivity index (χ2v) is 4.66. The Hall–Kier alpha value is -2.70. The molecular formula is C13H13N5O2. The van der Waals surface area contributed by atoms with Gasteiger partial charge in [-0.15, -0.1) is 0 Å². The van der Waals surface area contributed by atoms with Crippen molar-refractivity contribution in [1.29, 1.82) is 0 Å². The first-order chi connectivity index (χ1) is 9.63. The van der Waals surface area contributed by atoms with Crippen LogP contribution in [-0.4, -0.2) is 26.6 Å². The highest BCUT2D eigenvalue weighted by atomic mass is 16.2. The Bertz CT molecular complexity index is 679. The lowest BCUT2D eigenvalue weighted by atomic mass is 10.1. The number of aromatic nitrogens is 3. The summed E-state index contributed by atoms with van der Waals surface area (Å²) in [6.45, 7) is 1.94. The van der Waals surface area contributed by atoms with Crippen LogP contribution in [0.3, 0.4) is 0 Å². The Balaban J connectivity index is 1.83. The first kappa shape index (κ1) is 12.3. The van der Waals surface area contributed by atoms with Crippen LogP contribution < -0.4 is 10.6 Å². The minimum Gasteiger partial charge on any atom is -0.324 e. The van der Waals surface area contributed by atoms with Gasteiger partial charge in [0.2, 0.25) is 17.8 Å². The molecule has 0 saturated heterocycles. The summed E-state index contributed by atoms with van der Waals surface area (Å²) in [5, 5.41) is 9.35. The Morgan fingerprint density at radius 2 is 2.35 bits per heavy atom. The van der Waals surface area contributed by atoms with E-state index in [9.17, 15) is 9.59 Å². The fraction of sp³-hybridized carbons (Fsp3) is 0.231. The van der Waals surface area contributed by atoms with E-state index in [0.717, 1.165) is 5.56 Å². The molecule has 20 heavy (non-hydrogen) atoms. The Kier molecular flexibility index (Phi) is 2.94. The number of rotatable bonds is 2. The zero-order valence-electron chi connectivity index (χ0n) is 10.8. The van der Waals surface area contributed by atoms with Crippen LogP contribution in [0, 0.1) is 6.92 Å². The first-order valence-corrected chi connectivity index (χ1v) is 6.20. The lowest BCUT2D eigenvalue weighted by Gasteiger charge is -2.22. The molecule has 1 aliphatic heterocycles. The maximum Gasteiger partial charge on any atom is 0.249 e. The fourth-order valence-electron chi connectivity index (χ4n) is 2.16. The van der Waals surface area contributed by atoms with E-state index in [1.165, 1.54) is 11.0 Å². The maximum absolute atomic E-state index is 12.3. The number of amides is 2. The van der Waals surface area contributed by atoms with Gasteiger partial charge in [0.15, 0.2) is 0 Å². The van der Waals surface area contributed by atoms with E-state index in [2.05, 4.69) is 20.7 Å². The van der Waals surface area contributed by atoms with Gasteiger partial charge in [-0.3, -0.25) is 14.9 Å². The topological polar surface area (TPSA) is 88.9 Å². The molecule has 7 heteroatoms. The summed E-state index contributed by atoms with van der Waals surface area (Å²) in [5.74, 6) is -0.224. The lowest BCUT2D eigenvalue weighted by Crippen LogP contribution is -2.36. The van der Waals surface area contributed by atoms with Gasteiger partial charge in [-0.1, -0.05) is 12.1 Å². The van der Waals surface area contributed by atoms with Crippen LogP contribution in [0.4, 0.5) is 11.6 Å². The SMILES string of the molecule is Cc1cccc(NC(=O)C2CC(=O)Nc3ncnn32)c1. The molecule has 2 heterocycles. The molecule has 0 aliphatic carbocycles. The molecule has 3 rings (SSSR count). The number of hydrogen-bond donors (Lipinski definition) is 2. The molecule has 1 aromatic carbocycles. The van der Waals surface area contributed by atoms with Gasteiger partial charge in [-0.25, -0.2) is 4.68 Å². The molecule has 1 atom stereocenters. The Morgan fingerprint density at radius 3 is 3.15 bits per heavy atom. The van der Waals surface area contributed by atoms with E-state index in [1.54, 1.807) is 6.07 Å². The van der Waals surface area contributed by atoms with Gasteiger partial charge < -0.3 is 5.32 Å². The average molecular weight is 271 g/mol. The number of nitrogens with zero attached hydrogens (tertiary/aromatic N) is 3. The number of benzene rings is 1. The number of carbonyl (C=O) groups excluding carboxylic acids is 2. The summed E-state index contributed by atoms with van der Waals surface area (Å²) in [6.07, 6.45) is 1.36. The summed E-state index contributed by atoms with van der Waals surface area (Å²) in [5.41, 5.74) is 1.74. The molecule has 0 bridgehead atoms. The molecule has 1 aromatic heterocycles. The van der Waals surface area contributed by atoms with Crippen molar-refractivity contribution in [3.63, 3.8) is 0 Å². The number of aryl methyl sites for hydroxylation is 1. The van der Waals surface area contributed by atoms with E-state index in [-0.39, 0.29) is 18.2 Å². The second-order valence-electron chi connectivity index (χ2n) is 4.66. The number of nitrogens with one attached hydrogen (secondary N) is 2. The Labute approximate surface area is 115 Å². The zero-order valence-corrected chi connectivity index (χ0v) is 10.8. The van der Waals surface area contributed by atoms with Gasteiger partial charge in [0, 0.05) is 5.69 Å². The number of hydrogen-bond acceptors (Lipinski definition) is 4. The number of anilines is 2. The van der Waals surface area contributed by atoms with Crippen LogP contribution >= 0.6 is 0 Å². The van der Waals surface area contributed by atoms with Crippen molar-refractivity contribution < 1.29 is 9.59 Å². The molecule has 2 aromatic rings. The quantitative estimate of drug-likeness (QED) is 0.856. The second kappa shape index (κ2) is 4.76. The molecule has 7 nitrogen and oxygen atoms in total. The van der Waals surface area contributed by atoms with Gasteiger partial charge in [-0.05, 0) is 24.6 Å². The van der Waals surface area contributed by atoms with Gasteiger partial charge in [0.1, 0.15) is 12.4 Å². The summed E-state index contributed by atoms with van der Waals surface area (Å²) in [6, 6.07) is 6.79. The van der Waals surface area contributed by atoms with E-state index in [1.807, 2.05) is 25.1 Å². The monoisotopic (exact) mass is 271 g/mol. The molecule has 2 amide bonds. The van der Waals surface area contributed by atoms with E-state index in [4.69, 9.17) is 0 Å². The normalized spacial score (nSPS) is 17.2. The third-order valence-electron chi connectivity index (χ3n) is 3.09. The highest BCUT2D eigenvalue weighted by Crippen LogP contribution is 2.23. The van der Waals surface area contributed by atoms with Crippen LogP contribution in [0.2, 0.25) is 0 Å². The summed E-state index contributed by atoms with van der Waals surface area (Å²) >= 11 is 0. The molecule has 0 radical (unpaired) electrons. The van der Waals surface area contributed by atoms with Crippen LogP contribution in [-0.2, 0) is 9.59 Å². The van der Waals surface area contributed by atoms with Crippen molar-refractivity contribution in [3.8, 4) is 0 Å². The smallest absolute Gasteiger partial charge is 0.249 e. The average Bonchev–Trinajstić information content (AvgIpc) is 2.85. The van der Waals surface area contributed by atoms with Crippen LogP contribution in [0.25, 0.3) is 0 Å². The highest BCUT2D eigenvalue weighted by molar-refractivity contribution is 6.00. The lowest BCUT2D eigenvalue weighted by molar-refractivity contribution is -0.125. The predicted octanol–water partition coefficient (Wildman–Crippen LogP) is 1.11. The van der Waals surface area contributed by atoms with Gasteiger partial charge in [-0.2, -0.15) is 10.1 Å². The molecule has 0 spiro atoms. The van der Waals surface area contributed by atoms with E-state index in [0.29, 0.717) is 11.6 Å². The maximum atomic E-state index is 12.3. The minimum atomic E-state index is -0.679. The number of fused-ring (bicyclic) bond motifs is 1. The molecule has 0 fully saturated rings. The van der Waals surface area contributed by atoms with Crippen molar-refractivity contribution >= 4 is 23.5 Å². The molecule has 1 aliphatic rings.